The van der Waals surface area contributed by atoms with Gasteiger partial charge in [0, 0.05) is 19.7 Å². The average molecular weight is 358 g/mol. The maximum Gasteiger partial charge on any atom is 0.354 e. The van der Waals surface area contributed by atoms with Gasteiger partial charge in [-0.25, -0.2) is 4.99 Å². The van der Waals surface area contributed by atoms with Crippen molar-refractivity contribution >= 4 is 36.1 Å². The van der Waals surface area contributed by atoms with E-state index in [2.05, 4.69) is 4.99 Å². The fourth-order valence-electron chi connectivity index (χ4n) is 1.57. The standard InChI is InChI=1S/C15H23N2O4PS/c1-5-11-23-22(19,20-6-2)17(4)12-16-14-7-9-15(10-8-14)21-13(3)18/h7-10,12H,5-6,11H2,1-4H3. The summed E-state index contributed by atoms with van der Waals surface area (Å²) in [5, 5.41) is 0. The van der Waals surface area contributed by atoms with Gasteiger partial charge in [0.05, 0.1) is 18.6 Å². The number of carbonyl (C=O) groups is 1. The minimum Gasteiger partial charge on any atom is -0.427 e. The number of carbonyl (C=O) groups excluding carboxylic acids is 1. The summed E-state index contributed by atoms with van der Waals surface area (Å²) in [4.78, 5) is 15.1. The quantitative estimate of drug-likeness (QED) is 0.213. The molecule has 0 aliphatic carbocycles. The zero-order valence-electron chi connectivity index (χ0n) is 13.9. The molecule has 8 heteroatoms. The van der Waals surface area contributed by atoms with Gasteiger partial charge in [-0.2, -0.15) is 0 Å². The van der Waals surface area contributed by atoms with Crippen molar-refractivity contribution in [2.75, 3.05) is 19.4 Å². The number of rotatable bonds is 9. The third-order valence-electron chi connectivity index (χ3n) is 2.61. The monoisotopic (exact) mass is 358 g/mol. The van der Waals surface area contributed by atoms with Crippen LogP contribution in [0.15, 0.2) is 29.3 Å². The van der Waals surface area contributed by atoms with Crippen molar-refractivity contribution < 1.29 is 18.6 Å². The fraction of sp³-hybridized carbons (Fsp3) is 0.467. The van der Waals surface area contributed by atoms with Crippen molar-refractivity contribution in [1.29, 1.82) is 0 Å². The highest BCUT2D eigenvalue weighted by atomic mass is 32.7. The summed E-state index contributed by atoms with van der Waals surface area (Å²) < 4.78 is 24.7. The Morgan fingerprint density at radius 3 is 2.52 bits per heavy atom. The zero-order valence-corrected chi connectivity index (χ0v) is 15.6. The highest BCUT2D eigenvalue weighted by Crippen LogP contribution is 2.61. The third kappa shape index (κ3) is 6.77. The van der Waals surface area contributed by atoms with E-state index in [1.807, 2.05) is 13.8 Å². The van der Waals surface area contributed by atoms with Crippen LogP contribution in [0.1, 0.15) is 27.2 Å². The predicted molar refractivity (Wildman–Crippen MR) is 95.6 cm³/mol. The highest BCUT2D eigenvalue weighted by molar-refractivity contribution is 8.55. The molecule has 1 rings (SSSR count). The molecule has 0 bridgehead atoms. The van der Waals surface area contributed by atoms with Crippen LogP contribution in [0.25, 0.3) is 0 Å². The first-order valence-electron chi connectivity index (χ1n) is 7.36. The Morgan fingerprint density at radius 1 is 1.35 bits per heavy atom. The van der Waals surface area contributed by atoms with Gasteiger partial charge in [0.2, 0.25) is 0 Å². The molecule has 1 aromatic rings. The van der Waals surface area contributed by atoms with Gasteiger partial charge in [-0.3, -0.25) is 14.0 Å². The molecule has 23 heavy (non-hydrogen) atoms. The topological polar surface area (TPSA) is 68.2 Å². The maximum atomic E-state index is 12.8. The van der Waals surface area contributed by atoms with Gasteiger partial charge in [0.1, 0.15) is 5.75 Å². The van der Waals surface area contributed by atoms with Crippen LogP contribution < -0.4 is 4.74 Å². The molecule has 1 unspecified atom stereocenters. The first kappa shape index (κ1) is 19.7. The SMILES string of the molecule is CCCSP(=O)(OCC)N(C)C=Nc1ccc(OC(C)=O)cc1. The van der Waals surface area contributed by atoms with Crippen LogP contribution in [0.5, 0.6) is 5.75 Å². The smallest absolute Gasteiger partial charge is 0.354 e. The van der Waals surface area contributed by atoms with Gasteiger partial charge in [-0.15, -0.1) is 0 Å². The van der Waals surface area contributed by atoms with E-state index in [9.17, 15) is 9.36 Å². The largest absolute Gasteiger partial charge is 0.427 e. The van der Waals surface area contributed by atoms with Crippen molar-refractivity contribution in [2.45, 2.75) is 27.2 Å². The van der Waals surface area contributed by atoms with E-state index >= 15 is 0 Å². The fourth-order valence-corrected chi connectivity index (χ4v) is 5.38. The third-order valence-corrected chi connectivity index (χ3v) is 7.60. The Bertz CT molecular complexity index is 577. The predicted octanol–water partition coefficient (Wildman–Crippen LogP) is 4.49. The lowest BCUT2D eigenvalue weighted by atomic mass is 10.3. The number of esters is 1. The lowest BCUT2D eigenvalue weighted by Crippen LogP contribution is -2.13. The number of hydrogen-bond donors (Lipinski definition) is 0. The second-order valence-corrected chi connectivity index (χ2v) is 9.28. The van der Waals surface area contributed by atoms with Crippen molar-refractivity contribution in [2.24, 2.45) is 4.99 Å². The Labute approximate surface area is 141 Å². The second-order valence-electron chi connectivity index (χ2n) is 4.63. The van der Waals surface area contributed by atoms with Crippen molar-refractivity contribution in [3.05, 3.63) is 24.3 Å². The summed E-state index contributed by atoms with van der Waals surface area (Å²) >= 11 is 1.31. The molecule has 1 atom stereocenters. The van der Waals surface area contributed by atoms with E-state index < -0.39 is 6.72 Å². The molecule has 0 N–H and O–H groups in total. The van der Waals surface area contributed by atoms with Gasteiger partial charge in [0.25, 0.3) is 0 Å². The molecule has 0 amide bonds. The van der Waals surface area contributed by atoms with E-state index in [-0.39, 0.29) is 5.97 Å². The van der Waals surface area contributed by atoms with Crippen molar-refractivity contribution in [3.63, 3.8) is 0 Å². The summed E-state index contributed by atoms with van der Waals surface area (Å²) in [5.41, 5.74) is 0.663. The van der Waals surface area contributed by atoms with Crippen LogP contribution in [0.3, 0.4) is 0 Å². The maximum absolute atomic E-state index is 12.8. The van der Waals surface area contributed by atoms with Crippen LogP contribution in [0.2, 0.25) is 0 Å². The van der Waals surface area contributed by atoms with Gasteiger partial charge in [-0.1, -0.05) is 6.92 Å². The number of benzene rings is 1. The van der Waals surface area contributed by atoms with Crippen molar-refractivity contribution in [3.8, 4) is 5.75 Å². The molecule has 0 aliphatic rings. The summed E-state index contributed by atoms with van der Waals surface area (Å²) in [6.45, 7) is 2.61. The van der Waals surface area contributed by atoms with Gasteiger partial charge in [0.15, 0.2) is 0 Å². The normalized spacial score (nSPS) is 13.7. The van der Waals surface area contributed by atoms with E-state index in [4.69, 9.17) is 9.26 Å². The molecule has 1 aromatic carbocycles. The molecule has 0 saturated heterocycles. The van der Waals surface area contributed by atoms with Crippen LogP contribution in [-0.2, 0) is 13.9 Å². The number of aliphatic imine (C=N–C) groups is 1. The van der Waals surface area contributed by atoms with Crippen LogP contribution in [-0.4, -0.2) is 36.4 Å². The minimum absolute atomic E-state index is 0.369. The molecule has 128 valence electrons. The molecule has 0 spiro atoms. The summed E-state index contributed by atoms with van der Waals surface area (Å²) in [6.07, 6.45) is 2.42. The molecule has 0 aliphatic heterocycles. The van der Waals surface area contributed by atoms with Gasteiger partial charge >= 0.3 is 12.7 Å². The second kappa shape index (κ2) is 9.75. The molecule has 0 fully saturated rings. The number of hydrogen-bond acceptors (Lipinski definition) is 6. The molecule has 6 nitrogen and oxygen atoms in total. The van der Waals surface area contributed by atoms with Gasteiger partial charge in [-0.05, 0) is 49.0 Å². The minimum atomic E-state index is -2.96. The van der Waals surface area contributed by atoms with E-state index in [0.29, 0.717) is 18.0 Å². The molecule has 0 radical (unpaired) electrons. The molecule has 0 heterocycles. The molecular formula is C15H23N2O4PS. The number of nitrogens with zero attached hydrogens (tertiary/aromatic N) is 2. The Balaban J connectivity index is 2.76. The zero-order chi connectivity index (χ0) is 17.3. The van der Waals surface area contributed by atoms with E-state index in [1.54, 1.807) is 31.3 Å². The van der Waals surface area contributed by atoms with E-state index in [1.165, 1.54) is 29.3 Å². The molecular weight excluding hydrogens is 335 g/mol. The molecule has 0 saturated carbocycles. The lowest BCUT2D eigenvalue weighted by Gasteiger charge is -2.24. The lowest BCUT2D eigenvalue weighted by molar-refractivity contribution is -0.131. The average Bonchev–Trinajstić information content (AvgIpc) is 2.51. The van der Waals surface area contributed by atoms with Crippen LogP contribution in [0, 0.1) is 0 Å². The van der Waals surface area contributed by atoms with Gasteiger partial charge < -0.3 is 9.26 Å². The first-order valence-corrected chi connectivity index (χ1v) is 10.5. The highest BCUT2D eigenvalue weighted by Gasteiger charge is 2.27. The summed E-state index contributed by atoms with van der Waals surface area (Å²) in [6, 6.07) is 6.74. The van der Waals surface area contributed by atoms with E-state index in [0.717, 1.165) is 12.2 Å². The number of ether oxygens (including phenoxy) is 1. The Hall–Kier alpha value is -1.30. The Morgan fingerprint density at radius 2 is 2.00 bits per heavy atom. The first-order chi connectivity index (χ1) is 10.9. The Kier molecular flexibility index (Phi) is 8.37. The van der Waals surface area contributed by atoms with Crippen LogP contribution >= 0.6 is 18.1 Å². The summed E-state index contributed by atoms with van der Waals surface area (Å²) in [7, 11) is 1.69. The molecule has 0 aromatic heterocycles. The van der Waals surface area contributed by atoms with Crippen LogP contribution in [0.4, 0.5) is 5.69 Å². The summed E-state index contributed by atoms with van der Waals surface area (Å²) in [5.74, 6) is 0.849. The van der Waals surface area contributed by atoms with Crippen molar-refractivity contribution in [1.82, 2.24) is 4.67 Å².